The van der Waals surface area contributed by atoms with Crippen LogP contribution in [0.2, 0.25) is 0 Å². The fourth-order valence-corrected chi connectivity index (χ4v) is 3.12. The van der Waals surface area contributed by atoms with Crippen molar-refractivity contribution in [3.63, 3.8) is 0 Å². The number of halogens is 1. The van der Waals surface area contributed by atoms with Crippen LogP contribution in [0.3, 0.4) is 0 Å². The second kappa shape index (κ2) is 4.63. The van der Waals surface area contributed by atoms with Crippen LogP contribution in [0.4, 0.5) is 0 Å². The molecule has 0 atom stereocenters. The summed E-state index contributed by atoms with van der Waals surface area (Å²) in [4.78, 5) is 12.5. The Morgan fingerprint density at radius 2 is 2.17 bits per heavy atom. The predicted octanol–water partition coefficient (Wildman–Crippen LogP) is 2.75. The molecule has 0 aromatic carbocycles. The van der Waals surface area contributed by atoms with Gasteiger partial charge in [0.05, 0.1) is 5.52 Å². The maximum absolute atomic E-state index is 4.71. The van der Waals surface area contributed by atoms with Gasteiger partial charge in [-0.3, -0.25) is 0 Å². The quantitative estimate of drug-likeness (QED) is 0.897. The molecule has 0 aliphatic carbocycles. The number of rotatable bonds is 2. The molecule has 18 heavy (non-hydrogen) atoms. The zero-order chi connectivity index (χ0) is 12.6. The Bertz CT molecular complexity index is 557. The maximum atomic E-state index is 4.71. The van der Waals surface area contributed by atoms with E-state index in [9.17, 15) is 0 Å². The number of imidazole rings is 1. The van der Waals surface area contributed by atoms with Gasteiger partial charge in [0.1, 0.15) is 5.82 Å². The van der Waals surface area contributed by atoms with E-state index in [1.807, 2.05) is 6.07 Å². The molecule has 1 saturated heterocycles. The normalized spacial score (nSPS) is 19.2. The molecular weight excluding hydrogens is 292 g/mol. The predicted molar refractivity (Wildman–Crippen MR) is 75.7 cm³/mol. The molecular formula is C13H17BrN4. The van der Waals surface area contributed by atoms with Gasteiger partial charge in [-0.2, -0.15) is 0 Å². The van der Waals surface area contributed by atoms with Crippen molar-refractivity contribution in [2.75, 3.05) is 13.1 Å². The second-order valence-corrected chi connectivity index (χ2v) is 5.91. The summed E-state index contributed by atoms with van der Waals surface area (Å²) >= 11 is 3.45. The molecule has 3 heterocycles. The second-order valence-electron chi connectivity index (χ2n) is 4.99. The molecule has 0 saturated carbocycles. The Kier molecular flexibility index (Phi) is 3.11. The van der Waals surface area contributed by atoms with Gasteiger partial charge in [0.25, 0.3) is 0 Å². The lowest BCUT2D eigenvalue weighted by atomic mass is 9.76. The van der Waals surface area contributed by atoms with Gasteiger partial charge in [0.2, 0.25) is 0 Å². The summed E-state index contributed by atoms with van der Waals surface area (Å²) < 4.78 is 0.987. The summed E-state index contributed by atoms with van der Waals surface area (Å²) in [6, 6.07) is 2.04. The van der Waals surface area contributed by atoms with Gasteiger partial charge in [-0.15, -0.1) is 0 Å². The fraction of sp³-hybridized carbons (Fsp3) is 0.538. The SMILES string of the molecule is CCC1(c2nc3ncc(Br)cc3[nH]2)CCNCC1. The molecule has 0 radical (unpaired) electrons. The Morgan fingerprint density at radius 3 is 2.89 bits per heavy atom. The van der Waals surface area contributed by atoms with Crippen molar-refractivity contribution >= 4 is 27.1 Å². The lowest BCUT2D eigenvalue weighted by Crippen LogP contribution is -2.40. The molecule has 0 amide bonds. The molecule has 1 aliphatic heterocycles. The molecule has 0 bridgehead atoms. The average Bonchev–Trinajstić information content (AvgIpc) is 2.83. The van der Waals surface area contributed by atoms with Crippen LogP contribution in [0.15, 0.2) is 16.7 Å². The third-order valence-corrected chi connectivity index (χ3v) is 4.48. The zero-order valence-corrected chi connectivity index (χ0v) is 12.0. The maximum Gasteiger partial charge on any atom is 0.177 e. The summed E-state index contributed by atoms with van der Waals surface area (Å²) in [5.41, 5.74) is 2.03. The van der Waals surface area contributed by atoms with Crippen molar-refractivity contribution in [1.82, 2.24) is 20.3 Å². The van der Waals surface area contributed by atoms with Crippen LogP contribution < -0.4 is 5.32 Å². The van der Waals surface area contributed by atoms with E-state index in [-0.39, 0.29) is 5.41 Å². The summed E-state index contributed by atoms with van der Waals surface area (Å²) in [5.74, 6) is 1.10. The van der Waals surface area contributed by atoms with E-state index >= 15 is 0 Å². The highest BCUT2D eigenvalue weighted by atomic mass is 79.9. The smallest absolute Gasteiger partial charge is 0.177 e. The van der Waals surface area contributed by atoms with Crippen LogP contribution in [0.25, 0.3) is 11.2 Å². The first-order valence-electron chi connectivity index (χ1n) is 6.46. The number of hydrogen-bond acceptors (Lipinski definition) is 3. The van der Waals surface area contributed by atoms with Crippen LogP contribution in [0.1, 0.15) is 32.0 Å². The van der Waals surface area contributed by atoms with Crippen LogP contribution in [-0.4, -0.2) is 28.0 Å². The number of aromatic nitrogens is 3. The van der Waals surface area contributed by atoms with Crippen molar-refractivity contribution in [3.05, 3.63) is 22.6 Å². The van der Waals surface area contributed by atoms with E-state index < -0.39 is 0 Å². The van der Waals surface area contributed by atoms with Crippen LogP contribution in [-0.2, 0) is 5.41 Å². The van der Waals surface area contributed by atoms with Gasteiger partial charge in [-0.1, -0.05) is 6.92 Å². The minimum Gasteiger partial charge on any atom is -0.340 e. The molecule has 0 unspecified atom stereocenters. The molecule has 0 spiro atoms. The molecule has 5 heteroatoms. The van der Waals surface area contributed by atoms with Crippen LogP contribution >= 0.6 is 15.9 Å². The highest BCUT2D eigenvalue weighted by molar-refractivity contribution is 9.10. The third-order valence-electron chi connectivity index (χ3n) is 4.04. The number of nitrogens with one attached hydrogen (secondary N) is 2. The highest BCUT2D eigenvalue weighted by Crippen LogP contribution is 2.35. The number of hydrogen-bond donors (Lipinski definition) is 2. The van der Waals surface area contributed by atoms with Crippen molar-refractivity contribution in [1.29, 1.82) is 0 Å². The molecule has 1 aliphatic rings. The van der Waals surface area contributed by atoms with Gasteiger partial charge < -0.3 is 10.3 Å². The number of pyridine rings is 1. The molecule has 2 aromatic heterocycles. The first kappa shape index (κ1) is 12.1. The topological polar surface area (TPSA) is 53.6 Å². The Labute approximate surface area is 115 Å². The first-order chi connectivity index (χ1) is 8.73. The van der Waals surface area contributed by atoms with E-state index in [1.54, 1.807) is 6.20 Å². The standard InChI is InChI=1S/C13H17BrN4/c1-2-13(3-5-15-6-4-13)12-17-10-7-9(14)8-16-11(10)18-12/h7-8,15H,2-6H2,1H3,(H,16,17,18). The Balaban J connectivity index is 2.06. The van der Waals surface area contributed by atoms with Crippen molar-refractivity contribution in [2.45, 2.75) is 31.6 Å². The van der Waals surface area contributed by atoms with Gasteiger partial charge >= 0.3 is 0 Å². The van der Waals surface area contributed by atoms with Crippen molar-refractivity contribution in [3.8, 4) is 0 Å². The van der Waals surface area contributed by atoms with Gasteiger partial charge in [0, 0.05) is 16.1 Å². The molecule has 96 valence electrons. The summed E-state index contributed by atoms with van der Waals surface area (Å²) in [6.45, 7) is 4.39. The Morgan fingerprint density at radius 1 is 1.39 bits per heavy atom. The van der Waals surface area contributed by atoms with Crippen LogP contribution in [0.5, 0.6) is 0 Å². The fourth-order valence-electron chi connectivity index (χ4n) is 2.79. The van der Waals surface area contributed by atoms with Gasteiger partial charge in [0.15, 0.2) is 5.65 Å². The summed E-state index contributed by atoms with van der Waals surface area (Å²) in [7, 11) is 0. The Hall–Kier alpha value is -0.940. The largest absolute Gasteiger partial charge is 0.340 e. The zero-order valence-electron chi connectivity index (χ0n) is 10.5. The lowest BCUT2D eigenvalue weighted by molar-refractivity contribution is 0.285. The van der Waals surface area contributed by atoms with Crippen molar-refractivity contribution in [2.24, 2.45) is 0 Å². The van der Waals surface area contributed by atoms with E-state index in [0.717, 1.165) is 53.8 Å². The third kappa shape index (κ3) is 1.95. The van der Waals surface area contributed by atoms with Gasteiger partial charge in [-0.05, 0) is 54.3 Å². The number of nitrogens with zero attached hydrogens (tertiary/aromatic N) is 2. The first-order valence-corrected chi connectivity index (χ1v) is 7.25. The van der Waals surface area contributed by atoms with E-state index in [0.29, 0.717) is 0 Å². The minimum atomic E-state index is 0.193. The molecule has 4 nitrogen and oxygen atoms in total. The highest BCUT2D eigenvalue weighted by Gasteiger charge is 2.35. The van der Waals surface area contributed by atoms with Crippen molar-refractivity contribution < 1.29 is 0 Å². The number of piperidine rings is 1. The number of aromatic amines is 1. The molecule has 2 N–H and O–H groups in total. The number of fused-ring (bicyclic) bond motifs is 1. The number of H-pyrrole nitrogens is 1. The van der Waals surface area contributed by atoms with Crippen LogP contribution in [0, 0.1) is 0 Å². The molecule has 3 rings (SSSR count). The minimum absolute atomic E-state index is 0.193. The monoisotopic (exact) mass is 308 g/mol. The summed E-state index contributed by atoms with van der Waals surface area (Å²) in [6.07, 6.45) is 5.21. The van der Waals surface area contributed by atoms with Gasteiger partial charge in [-0.25, -0.2) is 9.97 Å². The molecule has 2 aromatic rings. The lowest BCUT2D eigenvalue weighted by Gasteiger charge is -2.34. The van der Waals surface area contributed by atoms with E-state index in [2.05, 4.69) is 38.1 Å². The average molecular weight is 309 g/mol. The van der Waals surface area contributed by atoms with E-state index in [4.69, 9.17) is 4.98 Å². The van der Waals surface area contributed by atoms with E-state index in [1.165, 1.54) is 0 Å². The summed E-state index contributed by atoms with van der Waals surface area (Å²) in [5, 5.41) is 3.42. The molecule has 1 fully saturated rings.